The van der Waals surface area contributed by atoms with Gasteiger partial charge in [-0.05, 0) is 24.5 Å². The normalized spacial score (nSPS) is 10.1. The number of aromatic nitrogens is 1. The molecule has 1 rings (SSSR count). The van der Waals surface area contributed by atoms with Gasteiger partial charge in [-0.25, -0.2) is 0 Å². The zero-order valence-electron chi connectivity index (χ0n) is 8.49. The van der Waals surface area contributed by atoms with Crippen molar-refractivity contribution < 1.29 is 4.79 Å². The van der Waals surface area contributed by atoms with Crippen LogP contribution >= 0.6 is 0 Å². The fourth-order valence-corrected chi connectivity index (χ4v) is 1.30. The third-order valence-corrected chi connectivity index (χ3v) is 2.24. The maximum Gasteiger partial charge on any atom is 0.132 e. The van der Waals surface area contributed by atoms with E-state index in [0.717, 1.165) is 24.1 Å². The van der Waals surface area contributed by atoms with Crippen molar-refractivity contribution in [2.45, 2.75) is 32.6 Å². The van der Waals surface area contributed by atoms with E-state index in [0.29, 0.717) is 18.6 Å². The fourth-order valence-electron chi connectivity index (χ4n) is 1.30. The molecule has 3 heteroatoms. The van der Waals surface area contributed by atoms with E-state index < -0.39 is 0 Å². The number of hydrogen-bond acceptors (Lipinski definition) is 3. The number of anilines is 1. The topological polar surface area (TPSA) is 56.0 Å². The molecule has 3 nitrogen and oxygen atoms in total. The molecule has 0 radical (unpaired) electrons. The fraction of sp³-hybridized carbons (Fsp3) is 0.455. The smallest absolute Gasteiger partial charge is 0.132 e. The highest BCUT2D eigenvalue weighted by atomic mass is 16.1. The molecule has 1 aromatic rings. The van der Waals surface area contributed by atoms with E-state index in [-0.39, 0.29) is 0 Å². The number of nitrogens with two attached hydrogens (primary N) is 1. The number of ketones is 1. The van der Waals surface area contributed by atoms with Gasteiger partial charge in [-0.1, -0.05) is 6.92 Å². The van der Waals surface area contributed by atoms with E-state index >= 15 is 0 Å². The van der Waals surface area contributed by atoms with E-state index in [9.17, 15) is 4.79 Å². The van der Waals surface area contributed by atoms with Crippen LogP contribution in [-0.2, 0) is 11.2 Å². The molecule has 1 heterocycles. The molecule has 0 spiro atoms. The van der Waals surface area contributed by atoms with E-state index in [4.69, 9.17) is 5.73 Å². The summed E-state index contributed by atoms with van der Waals surface area (Å²) in [6.07, 6.45) is 6.42. The third-order valence-electron chi connectivity index (χ3n) is 2.24. The Labute approximate surface area is 84.3 Å². The number of hydrogen-bond donors (Lipinski definition) is 1. The first-order valence-corrected chi connectivity index (χ1v) is 4.94. The van der Waals surface area contributed by atoms with E-state index in [1.165, 1.54) is 0 Å². The van der Waals surface area contributed by atoms with Gasteiger partial charge >= 0.3 is 0 Å². The van der Waals surface area contributed by atoms with Crippen LogP contribution in [0.15, 0.2) is 18.5 Å². The van der Waals surface area contributed by atoms with Crippen LogP contribution in [0.4, 0.5) is 5.69 Å². The van der Waals surface area contributed by atoms with Gasteiger partial charge in [-0.15, -0.1) is 0 Å². The van der Waals surface area contributed by atoms with Crippen LogP contribution in [0.2, 0.25) is 0 Å². The highest BCUT2D eigenvalue weighted by Gasteiger charge is 2.01. The molecule has 0 amide bonds. The van der Waals surface area contributed by atoms with Gasteiger partial charge in [0.25, 0.3) is 0 Å². The Morgan fingerprint density at radius 1 is 1.57 bits per heavy atom. The van der Waals surface area contributed by atoms with Crippen LogP contribution in [0.1, 0.15) is 31.7 Å². The lowest BCUT2D eigenvalue weighted by atomic mass is 10.1. The molecule has 76 valence electrons. The first-order chi connectivity index (χ1) is 6.74. The lowest BCUT2D eigenvalue weighted by molar-refractivity contribution is -0.118. The molecule has 0 aliphatic heterocycles. The summed E-state index contributed by atoms with van der Waals surface area (Å²) in [7, 11) is 0. The molecule has 0 saturated heterocycles. The second-order valence-corrected chi connectivity index (χ2v) is 3.32. The predicted molar refractivity (Wildman–Crippen MR) is 56.9 cm³/mol. The van der Waals surface area contributed by atoms with Crippen LogP contribution < -0.4 is 5.73 Å². The van der Waals surface area contributed by atoms with Crippen molar-refractivity contribution in [1.29, 1.82) is 0 Å². The molecule has 0 aliphatic carbocycles. The average Bonchev–Trinajstić information content (AvgIpc) is 2.20. The number of nitrogens with zero attached hydrogens (tertiary/aromatic N) is 1. The number of rotatable bonds is 5. The second-order valence-electron chi connectivity index (χ2n) is 3.32. The SMILES string of the molecule is CCC(=O)CCCc1cnccc1N. The minimum absolute atomic E-state index is 0.312. The van der Waals surface area contributed by atoms with Crippen molar-refractivity contribution in [3.63, 3.8) is 0 Å². The maximum absolute atomic E-state index is 11.0. The summed E-state index contributed by atoms with van der Waals surface area (Å²) in [5.41, 5.74) is 7.55. The largest absolute Gasteiger partial charge is 0.398 e. The molecule has 0 atom stereocenters. The molecular weight excluding hydrogens is 176 g/mol. The number of carbonyl (C=O) groups is 1. The minimum atomic E-state index is 0.312. The molecule has 0 saturated carbocycles. The third kappa shape index (κ3) is 3.17. The van der Waals surface area contributed by atoms with Crippen LogP contribution in [0.3, 0.4) is 0 Å². The van der Waals surface area contributed by atoms with Crippen molar-refractivity contribution in [2.24, 2.45) is 0 Å². The summed E-state index contributed by atoms with van der Waals surface area (Å²) in [6, 6.07) is 1.79. The molecule has 0 aromatic carbocycles. The highest BCUT2D eigenvalue weighted by molar-refractivity contribution is 5.77. The van der Waals surface area contributed by atoms with E-state index in [2.05, 4.69) is 4.98 Å². The van der Waals surface area contributed by atoms with Gasteiger partial charge in [-0.3, -0.25) is 9.78 Å². The van der Waals surface area contributed by atoms with Gasteiger partial charge in [0.2, 0.25) is 0 Å². The first-order valence-electron chi connectivity index (χ1n) is 4.94. The molecule has 0 fully saturated rings. The lowest BCUT2D eigenvalue weighted by Gasteiger charge is -2.03. The zero-order chi connectivity index (χ0) is 10.4. The second kappa shape index (κ2) is 5.37. The summed E-state index contributed by atoms with van der Waals surface area (Å²) in [6.45, 7) is 1.89. The number of carbonyl (C=O) groups excluding carboxylic acids is 1. The van der Waals surface area contributed by atoms with Crippen LogP contribution in [0.25, 0.3) is 0 Å². The van der Waals surface area contributed by atoms with Gasteiger partial charge in [0.15, 0.2) is 0 Å². The van der Waals surface area contributed by atoms with Crippen molar-refractivity contribution in [2.75, 3.05) is 5.73 Å². The summed E-state index contributed by atoms with van der Waals surface area (Å²) >= 11 is 0. The number of nitrogen functional groups attached to an aromatic ring is 1. The molecule has 0 bridgehead atoms. The maximum atomic E-state index is 11.0. The predicted octanol–water partition coefficient (Wildman–Crippen LogP) is 1.97. The lowest BCUT2D eigenvalue weighted by Crippen LogP contribution is -1.99. The van der Waals surface area contributed by atoms with Crippen molar-refractivity contribution in [3.05, 3.63) is 24.0 Å². The number of aryl methyl sites for hydroxylation is 1. The van der Waals surface area contributed by atoms with Crippen LogP contribution in [-0.4, -0.2) is 10.8 Å². The summed E-state index contributed by atoms with van der Waals surface area (Å²) in [5, 5.41) is 0. The Kier molecular flexibility index (Phi) is 4.11. The Balaban J connectivity index is 2.39. The van der Waals surface area contributed by atoms with Crippen molar-refractivity contribution >= 4 is 11.5 Å². The van der Waals surface area contributed by atoms with Crippen LogP contribution in [0, 0.1) is 0 Å². The van der Waals surface area contributed by atoms with Crippen LogP contribution in [0.5, 0.6) is 0 Å². The summed E-state index contributed by atoms with van der Waals surface area (Å²) in [5.74, 6) is 0.312. The molecular formula is C11H16N2O. The van der Waals surface area contributed by atoms with E-state index in [1.807, 2.05) is 6.92 Å². The number of pyridine rings is 1. The van der Waals surface area contributed by atoms with Gasteiger partial charge in [0, 0.05) is 30.9 Å². The standard InChI is InChI=1S/C11H16N2O/c1-2-10(14)5-3-4-9-8-13-7-6-11(9)12/h6-8H,2-5H2,1H3,(H2,12,13). The molecule has 0 aliphatic rings. The van der Waals surface area contributed by atoms with Gasteiger partial charge in [-0.2, -0.15) is 0 Å². The van der Waals surface area contributed by atoms with Gasteiger partial charge in [0.1, 0.15) is 5.78 Å². The summed E-state index contributed by atoms with van der Waals surface area (Å²) < 4.78 is 0. The van der Waals surface area contributed by atoms with Crippen molar-refractivity contribution in [1.82, 2.24) is 4.98 Å². The Bertz CT molecular complexity index is 310. The van der Waals surface area contributed by atoms with E-state index in [1.54, 1.807) is 18.5 Å². The Morgan fingerprint density at radius 2 is 2.36 bits per heavy atom. The van der Waals surface area contributed by atoms with Crippen molar-refractivity contribution in [3.8, 4) is 0 Å². The minimum Gasteiger partial charge on any atom is -0.398 e. The monoisotopic (exact) mass is 192 g/mol. The molecule has 0 unspecified atom stereocenters. The Hall–Kier alpha value is -1.38. The summed E-state index contributed by atoms with van der Waals surface area (Å²) in [4.78, 5) is 15.0. The first kappa shape index (κ1) is 10.7. The molecule has 2 N–H and O–H groups in total. The molecule has 14 heavy (non-hydrogen) atoms. The highest BCUT2D eigenvalue weighted by Crippen LogP contribution is 2.12. The van der Waals surface area contributed by atoms with Gasteiger partial charge in [0.05, 0.1) is 0 Å². The zero-order valence-corrected chi connectivity index (χ0v) is 8.49. The molecule has 1 aromatic heterocycles. The Morgan fingerprint density at radius 3 is 3.00 bits per heavy atom. The van der Waals surface area contributed by atoms with Gasteiger partial charge < -0.3 is 5.73 Å². The number of Topliss-reactive ketones (excluding diaryl/α,β-unsaturated/α-hetero) is 1. The average molecular weight is 192 g/mol. The quantitative estimate of drug-likeness (QED) is 0.776.